The fraction of sp³-hybridized carbons (Fsp3) is 0.500. The first kappa shape index (κ1) is 11.6. The molecule has 0 aliphatic heterocycles. The lowest BCUT2D eigenvalue weighted by Crippen LogP contribution is -2.05. The Morgan fingerprint density at radius 1 is 1.35 bits per heavy atom. The van der Waals surface area contributed by atoms with E-state index in [0.29, 0.717) is 30.7 Å². The number of nitrogens with one attached hydrogen (secondary N) is 2. The van der Waals surface area contributed by atoms with Crippen LogP contribution >= 0.6 is 0 Å². The first-order chi connectivity index (χ1) is 8.35. The summed E-state index contributed by atoms with van der Waals surface area (Å²) in [7, 11) is 3.42. The fourth-order valence-electron chi connectivity index (χ4n) is 1.40. The molecule has 2 aromatic rings. The van der Waals surface area contributed by atoms with E-state index in [2.05, 4.69) is 25.5 Å². The Bertz CT molecular complexity index is 485. The first-order valence-electron chi connectivity index (χ1n) is 5.35. The molecule has 0 saturated heterocycles. The van der Waals surface area contributed by atoms with Gasteiger partial charge in [-0.2, -0.15) is 15.1 Å². The molecule has 0 radical (unpaired) electrons. The number of methoxy groups -OCH3 is 1. The second-order valence-corrected chi connectivity index (χ2v) is 3.43. The van der Waals surface area contributed by atoms with Crippen LogP contribution in [0.2, 0.25) is 0 Å². The van der Waals surface area contributed by atoms with Gasteiger partial charge >= 0.3 is 0 Å². The maximum atomic E-state index is 5.59. The molecule has 92 valence electrons. The monoisotopic (exact) mass is 237 g/mol. The highest BCUT2D eigenvalue weighted by Crippen LogP contribution is 2.21. The van der Waals surface area contributed by atoms with Crippen molar-refractivity contribution >= 4 is 17.0 Å². The van der Waals surface area contributed by atoms with Crippen molar-refractivity contribution in [2.75, 3.05) is 32.7 Å². The van der Waals surface area contributed by atoms with Gasteiger partial charge in [-0.05, 0) is 0 Å². The number of rotatable bonds is 6. The van der Waals surface area contributed by atoms with Gasteiger partial charge in [-0.25, -0.2) is 0 Å². The Morgan fingerprint density at radius 2 is 2.24 bits per heavy atom. The number of nitrogens with zero attached hydrogens (tertiary/aromatic N) is 3. The molecule has 0 aliphatic rings. The Balaban J connectivity index is 2.16. The zero-order valence-corrected chi connectivity index (χ0v) is 9.86. The molecule has 0 fully saturated rings. The Hall–Kier alpha value is -1.89. The van der Waals surface area contributed by atoms with Crippen LogP contribution in [0, 0.1) is 0 Å². The first-order valence-corrected chi connectivity index (χ1v) is 5.35. The van der Waals surface area contributed by atoms with Gasteiger partial charge in [0.25, 0.3) is 0 Å². The van der Waals surface area contributed by atoms with E-state index in [0.717, 1.165) is 11.8 Å². The number of aromatic amines is 1. The predicted octanol–water partition coefficient (Wildman–Crippen LogP) is 0.810. The van der Waals surface area contributed by atoms with Crippen LogP contribution in [0.25, 0.3) is 11.0 Å². The molecule has 2 N–H and O–H groups in total. The van der Waals surface area contributed by atoms with Crippen molar-refractivity contribution in [2.24, 2.45) is 0 Å². The molecule has 2 heterocycles. The van der Waals surface area contributed by atoms with Gasteiger partial charge in [0, 0.05) is 27.2 Å². The standard InChI is InChI=1S/C10H15N5O2/c1-11-10-13-8-7(6-12-15-8)9(14-10)17-5-3-4-16-2/h6H,3-5H2,1-2H3,(H2,11,12,13,14,15). The third kappa shape index (κ3) is 2.62. The Morgan fingerprint density at radius 3 is 3.00 bits per heavy atom. The number of H-pyrrole nitrogens is 1. The molecule has 0 aromatic carbocycles. The largest absolute Gasteiger partial charge is 0.477 e. The second kappa shape index (κ2) is 5.44. The summed E-state index contributed by atoms with van der Waals surface area (Å²) in [6.07, 6.45) is 2.47. The third-order valence-electron chi connectivity index (χ3n) is 2.23. The van der Waals surface area contributed by atoms with E-state index in [9.17, 15) is 0 Å². The molecular formula is C10H15N5O2. The smallest absolute Gasteiger partial charge is 0.229 e. The van der Waals surface area contributed by atoms with E-state index in [1.807, 2.05) is 0 Å². The number of ether oxygens (including phenoxy) is 2. The minimum Gasteiger partial charge on any atom is -0.477 e. The molecule has 0 saturated carbocycles. The van der Waals surface area contributed by atoms with Gasteiger partial charge in [-0.3, -0.25) is 5.10 Å². The molecule has 0 unspecified atom stereocenters. The lowest BCUT2D eigenvalue weighted by Gasteiger charge is -2.07. The summed E-state index contributed by atoms with van der Waals surface area (Å²) in [4.78, 5) is 8.46. The maximum absolute atomic E-state index is 5.59. The molecule has 2 aromatic heterocycles. The van der Waals surface area contributed by atoms with Crippen LogP contribution in [0.1, 0.15) is 6.42 Å². The molecule has 0 amide bonds. The summed E-state index contributed by atoms with van der Waals surface area (Å²) in [6.45, 7) is 1.22. The zero-order valence-electron chi connectivity index (χ0n) is 9.86. The van der Waals surface area contributed by atoms with Gasteiger partial charge in [-0.1, -0.05) is 0 Å². The average Bonchev–Trinajstić information content (AvgIpc) is 2.82. The van der Waals surface area contributed by atoms with E-state index in [1.165, 1.54) is 0 Å². The van der Waals surface area contributed by atoms with Crippen molar-refractivity contribution in [3.8, 4) is 5.88 Å². The summed E-state index contributed by atoms with van der Waals surface area (Å²) in [6, 6.07) is 0. The normalized spacial score (nSPS) is 10.7. The van der Waals surface area contributed by atoms with Crippen LogP contribution in [0.5, 0.6) is 5.88 Å². The molecule has 7 nitrogen and oxygen atoms in total. The van der Waals surface area contributed by atoms with Gasteiger partial charge in [0.15, 0.2) is 5.65 Å². The van der Waals surface area contributed by atoms with E-state index in [1.54, 1.807) is 20.4 Å². The summed E-state index contributed by atoms with van der Waals surface area (Å²) in [5, 5.41) is 10.4. The van der Waals surface area contributed by atoms with Crippen LogP contribution in [-0.4, -0.2) is 47.5 Å². The predicted molar refractivity (Wildman–Crippen MR) is 63.2 cm³/mol. The molecule has 0 bridgehead atoms. The second-order valence-electron chi connectivity index (χ2n) is 3.43. The maximum Gasteiger partial charge on any atom is 0.229 e. The zero-order chi connectivity index (χ0) is 12.1. The topological polar surface area (TPSA) is 85.0 Å². The Labute approximate surface area is 98.6 Å². The van der Waals surface area contributed by atoms with Crippen molar-refractivity contribution < 1.29 is 9.47 Å². The van der Waals surface area contributed by atoms with Gasteiger partial charge in [0.1, 0.15) is 5.39 Å². The average molecular weight is 237 g/mol. The number of aromatic nitrogens is 4. The fourth-order valence-corrected chi connectivity index (χ4v) is 1.40. The highest BCUT2D eigenvalue weighted by atomic mass is 16.5. The van der Waals surface area contributed by atoms with Crippen molar-refractivity contribution in [3.05, 3.63) is 6.20 Å². The highest BCUT2D eigenvalue weighted by Gasteiger charge is 2.09. The SMILES string of the molecule is CNc1nc(OCCCOC)c2cn[nH]c2n1. The van der Waals surface area contributed by atoms with Crippen molar-refractivity contribution in [3.63, 3.8) is 0 Å². The lowest BCUT2D eigenvalue weighted by atomic mass is 10.4. The summed E-state index contributed by atoms with van der Waals surface area (Å²) in [5.74, 6) is 1.03. The van der Waals surface area contributed by atoms with Crippen molar-refractivity contribution in [2.45, 2.75) is 6.42 Å². The quantitative estimate of drug-likeness (QED) is 0.723. The van der Waals surface area contributed by atoms with Crippen LogP contribution in [-0.2, 0) is 4.74 Å². The molecule has 7 heteroatoms. The third-order valence-corrected chi connectivity index (χ3v) is 2.23. The van der Waals surface area contributed by atoms with Crippen molar-refractivity contribution in [1.82, 2.24) is 20.2 Å². The molecule has 0 spiro atoms. The minimum absolute atomic E-state index is 0.503. The molecule has 0 aliphatic carbocycles. The lowest BCUT2D eigenvalue weighted by molar-refractivity contribution is 0.171. The van der Waals surface area contributed by atoms with E-state index < -0.39 is 0 Å². The van der Waals surface area contributed by atoms with Crippen LogP contribution < -0.4 is 10.1 Å². The van der Waals surface area contributed by atoms with Crippen LogP contribution in [0.3, 0.4) is 0 Å². The minimum atomic E-state index is 0.503. The summed E-state index contributed by atoms with van der Waals surface area (Å²) in [5.41, 5.74) is 0.658. The van der Waals surface area contributed by atoms with Crippen LogP contribution in [0.4, 0.5) is 5.95 Å². The number of hydrogen-bond donors (Lipinski definition) is 2. The summed E-state index contributed by atoms with van der Waals surface area (Å²) < 4.78 is 10.5. The Kier molecular flexibility index (Phi) is 3.71. The molecule has 0 atom stereocenters. The molecular weight excluding hydrogens is 222 g/mol. The van der Waals surface area contributed by atoms with Crippen LogP contribution in [0.15, 0.2) is 6.20 Å². The van der Waals surface area contributed by atoms with E-state index in [4.69, 9.17) is 9.47 Å². The van der Waals surface area contributed by atoms with Gasteiger partial charge in [0.05, 0.1) is 12.8 Å². The number of hydrogen-bond acceptors (Lipinski definition) is 6. The van der Waals surface area contributed by atoms with Gasteiger partial charge in [-0.15, -0.1) is 0 Å². The number of anilines is 1. The van der Waals surface area contributed by atoms with Crippen molar-refractivity contribution in [1.29, 1.82) is 0 Å². The summed E-state index contributed by atoms with van der Waals surface area (Å²) >= 11 is 0. The van der Waals surface area contributed by atoms with E-state index >= 15 is 0 Å². The van der Waals surface area contributed by atoms with Gasteiger partial charge in [0.2, 0.25) is 11.8 Å². The molecule has 2 rings (SSSR count). The highest BCUT2D eigenvalue weighted by molar-refractivity contribution is 5.80. The number of fused-ring (bicyclic) bond motifs is 1. The van der Waals surface area contributed by atoms with Gasteiger partial charge < -0.3 is 14.8 Å². The molecule has 17 heavy (non-hydrogen) atoms. The van der Waals surface area contributed by atoms with E-state index in [-0.39, 0.29) is 0 Å².